The van der Waals surface area contributed by atoms with E-state index in [4.69, 9.17) is 4.74 Å². The standard InChI is InChI=1S/C24H24N2O4S/c1-3-30-21-12-10-20(11-13-21)25-24(27)18-9-14-23-19(16-18)15-17(2)26(23)31(28,29)22-7-5-4-6-8-22/h4-14,16-17H,3,15H2,1-2H3,(H,25,27)/t17-/m1/s1. The zero-order valence-corrected chi connectivity index (χ0v) is 18.2. The molecular formula is C24H24N2O4S. The molecule has 1 heterocycles. The highest BCUT2D eigenvalue weighted by Crippen LogP contribution is 2.37. The van der Waals surface area contributed by atoms with Gasteiger partial charge in [0.1, 0.15) is 5.75 Å². The number of rotatable bonds is 6. The topological polar surface area (TPSA) is 75.7 Å². The highest BCUT2D eigenvalue weighted by Gasteiger charge is 2.36. The molecule has 1 aliphatic rings. The van der Waals surface area contributed by atoms with Crippen molar-refractivity contribution in [1.29, 1.82) is 0 Å². The smallest absolute Gasteiger partial charge is 0.264 e. The van der Waals surface area contributed by atoms with E-state index in [1.807, 2.05) is 13.8 Å². The van der Waals surface area contributed by atoms with Crippen molar-refractivity contribution in [2.75, 3.05) is 16.2 Å². The van der Waals surface area contributed by atoms with Crippen LogP contribution in [0.15, 0.2) is 77.7 Å². The molecule has 3 aromatic rings. The lowest BCUT2D eigenvalue weighted by Crippen LogP contribution is -2.35. The van der Waals surface area contributed by atoms with E-state index in [1.165, 1.54) is 4.31 Å². The average Bonchev–Trinajstić information content (AvgIpc) is 3.11. The van der Waals surface area contributed by atoms with E-state index in [1.54, 1.807) is 72.8 Å². The Bertz CT molecular complexity index is 1190. The first-order valence-corrected chi connectivity index (χ1v) is 11.6. The normalized spacial score (nSPS) is 15.4. The molecule has 0 bridgehead atoms. The van der Waals surface area contributed by atoms with Crippen LogP contribution in [0.1, 0.15) is 29.8 Å². The fourth-order valence-corrected chi connectivity index (χ4v) is 5.53. The molecular weight excluding hydrogens is 412 g/mol. The second kappa shape index (κ2) is 8.43. The molecule has 1 amide bonds. The lowest BCUT2D eigenvalue weighted by molar-refractivity contribution is 0.102. The Kier molecular flexibility index (Phi) is 5.69. The first-order chi connectivity index (χ1) is 14.9. The molecule has 6 nitrogen and oxygen atoms in total. The number of amides is 1. The number of benzene rings is 3. The van der Waals surface area contributed by atoms with E-state index >= 15 is 0 Å². The molecule has 1 N–H and O–H groups in total. The van der Waals surface area contributed by atoms with Crippen molar-refractivity contribution in [2.45, 2.75) is 31.2 Å². The maximum Gasteiger partial charge on any atom is 0.264 e. The number of anilines is 2. The van der Waals surface area contributed by atoms with E-state index < -0.39 is 10.0 Å². The van der Waals surface area contributed by atoms with Crippen molar-refractivity contribution in [1.82, 2.24) is 0 Å². The quantitative estimate of drug-likeness (QED) is 0.618. The van der Waals surface area contributed by atoms with Gasteiger partial charge in [-0.2, -0.15) is 0 Å². The molecule has 3 aromatic carbocycles. The number of hydrogen-bond donors (Lipinski definition) is 1. The van der Waals surface area contributed by atoms with Gasteiger partial charge in [0.2, 0.25) is 0 Å². The Morgan fingerprint density at radius 3 is 2.45 bits per heavy atom. The molecule has 0 spiro atoms. The van der Waals surface area contributed by atoms with Crippen LogP contribution < -0.4 is 14.4 Å². The van der Waals surface area contributed by atoms with Gasteiger partial charge in [0.15, 0.2) is 0 Å². The van der Waals surface area contributed by atoms with Gasteiger partial charge in [-0.25, -0.2) is 8.42 Å². The van der Waals surface area contributed by atoms with Crippen LogP contribution in [0.5, 0.6) is 5.75 Å². The van der Waals surface area contributed by atoms with Crippen molar-refractivity contribution in [3.05, 3.63) is 83.9 Å². The minimum atomic E-state index is -3.67. The molecule has 0 radical (unpaired) electrons. The summed E-state index contributed by atoms with van der Waals surface area (Å²) in [4.78, 5) is 13.0. The Morgan fingerprint density at radius 1 is 1.06 bits per heavy atom. The maximum atomic E-state index is 13.2. The number of fused-ring (bicyclic) bond motifs is 1. The summed E-state index contributed by atoms with van der Waals surface area (Å²) in [5.41, 5.74) is 2.61. The van der Waals surface area contributed by atoms with Gasteiger partial charge in [-0.3, -0.25) is 9.10 Å². The lowest BCUT2D eigenvalue weighted by Gasteiger charge is -2.24. The summed E-state index contributed by atoms with van der Waals surface area (Å²) in [7, 11) is -3.67. The fraction of sp³-hybridized carbons (Fsp3) is 0.208. The highest BCUT2D eigenvalue weighted by atomic mass is 32.2. The van der Waals surface area contributed by atoms with Gasteiger partial charge in [-0.1, -0.05) is 18.2 Å². The van der Waals surface area contributed by atoms with Gasteiger partial charge in [0, 0.05) is 17.3 Å². The van der Waals surface area contributed by atoms with E-state index in [-0.39, 0.29) is 16.8 Å². The van der Waals surface area contributed by atoms with Gasteiger partial charge < -0.3 is 10.1 Å². The van der Waals surface area contributed by atoms with Crippen LogP contribution in [-0.2, 0) is 16.4 Å². The van der Waals surface area contributed by atoms with Crippen LogP contribution in [0.25, 0.3) is 0 Å². The monoisotopic (exact) mass is 436 g/mol. The summed E-state index contributed by atoms with van der Waals surface area (Å²) in [5.74, 6) is 0.496. The number of sulfonamides is 1. The van der Waals surface area contributed by atoms with Gasteiger partial charge in [0.25, 0.3) is 15.9 Å². The third kappa shape index (κ3) is 4.14. The van der Waals surface area contributed by atoms with Crippen molar-refractivity contribution in [3.63, 3.8) is 0 Å². The Morgan fingerprint density at radius 2 is 1.77 bits per heavy atom. The molecule has 160 valence electrons. The molecule has 4 rings (SSSR count). The van der Waals surface area contributed by atoms with Crippen LogP contribution >= 0.6 is 0 Å². The van der Waals surface area contributed by atoms with Crippen molar-refractivity contribution in [3.8, 4) is 5.75 Å². The first-order valence-electron chi connectivity index (χ1n) is 10.2. The zero-order valence-electron chi connectivity index (χ0n) is 17.4. The lowest BCUT2D eigenvalue weighted by atomic mass is 10.1. The van der Waals surface area contributed by atoms with Crippen LogP contribution in [0.4, 0.5) is 11.4 Å². The van der Waals surface area contributed by atoms with Gasteiger partial charge in [0.05, 0.1) is 17.2 Å². The number of ether oxygens (including phenoxy) is 1. The van der Waals surface area contributed by atoms with Gasteiger partial charge in [-0.05, 0) is 80.4 Å². The molecule has 0 aliphatic carbocycles. The Hall–Kier alpha value is -3.32. The molecule has 1 aliphatic heterocycles. The Balaban J connectivity index is 1.57. The average molecular weight is 437 g/mol. The van der Waals surface area contributed by atoms with Crippen molar-refractivity contribution < 1.29 is 17.9 Å². The summed E-state index contributed by atoms with van der Waals surface area (Å²) in [5, 5.41) is 2.87. The van der Waals surface area contributed by atoms with Crippen molar-refractivity contribution >= 4 is 27.3 Å². The molecule has 0 unspecified atom stereocenters. The third-order valence-corrected chi connectivity index (χ3v) is 7.16. The second-order valence-corrected chi connectivity index (χ2v) is 9.24. The molecule has 31 heavy (non-hydrogen) atoms. The minimum Gasteiger partial charge on any atom is -0.494 e. The third-order valence-electron chi connectivity index (χ3n) is 5.22. The number of nitrogens with zero attached hydrogens (tertiary/aromatic N) is 1. The summed E-state index contributed by atoms with van der Waals surface area (Å²) >= 11 is 0. The van der Waals surface area contributed by atoms with Gasteiger partial charge in [-0.15, -0.1) is 0 Å². The first kappa shape index (κ1) is 20.9. The summed E-state index contributed by atoms with van der Waals surface area (Å²) < 4.78 is 33.2. The Labute approximate surface area is 182 Å². The zero-order chi connectivity index (χ0) is 22.0. The molecule has 0 saturated carbocycles. The van der Waals surface area contributed by atoms with Crippen LogP contribution in [-0.4, -0.2) is 27.0 Å². The number of hydrogen-bond acceptors (Lipinski definition) is 4. The summed E-state index contributed by atoms with van der Waals surface area (Å²) in [6.45, 7) is 4.37. The molecule has 0 saturated heterocycles. The molecule has 0 fully saturated rings. The maximum absolute atomic E-state index is 13.2. The van der Waals surface area contributed by atoms with E-state index in [9.17, 15) is 13.2 Å². The second-order valence-electron chi connectivity index (χ2n) is 7.42. The molecule has 7 heteroatoms. The number of carbonyl (C=O) groups excluding carboxylic acids is 1. The largest absolute Gasteiger partial charge is 0.494 e. The molecule has 0 aromatic heterocycles. The van der Waals surface area contributed by atoms with Crippen LogP contribution in [0.2, 0.25) is 0 Å². The number of carbonyl (C=O) groups is 1. The van der Waals surface area contributed by atoms with Crippen LogP contribution in [0, 0.1) is 0 Å². The number of nitrogens with one attached hydrogen (secondary N) is 1. The summed E-state index contributed by atoms with van der Waals surface area (Å²) in [6, 6.07) is 20.5. The van der Waals surface area contributed by atoms with Crippen molar-refractivity contribution in [2.24, 2.45) is 0 Å². The van der Waals surface area contributed by atoms with E-state index in [0.29, 0.717) is 30.0 Å². The van der Waals surface area contributed by atoms with E-state index in [0.717, 1.165) is 11.3 Å². The predicted molar refractivity (Wildman–Crippen MR) is 121 cm³/mol. The van der Waals surface area contributed by atoms with Crippen LogP contribution in [0.3, 0.4) is 0 Å². The molecule has 1 atom stereocenters. The SMILES string of the molecule is CCOc1ccc(NC(=O)c2ccc3c(c2)C[C@@H](C)N3S(=O)(=O)c2ccccc2)cc1. The minimum absolute atomic E-state index is 0.232. The summed E-state index contributed by atoms with van der Waals surface area (Å²) in [6.07, 6.45) is 0.547. The fourth-order valence-electron chi connectivity index (χ4n) is 3.82. The van der Waals surface area contributed by atoms with Gasteiger partial charge >= 0.3 is 0 Å². The predicted octanol–water partition coefficient (Wildman–Crippen LogP) is 4.48. The highest BCUT2D eigenvalue weighted by molar-refractivity contribution is 7.92. The van der Waals surface area contributed by atoms with E-state index in [2.05, 4.69) is 5.32 Å².